The normalized spacial score (nSPS) is 15.5. The van der Waals surface area contributed by atoms with Crippen molar-refractivity contribution in [2.24, 2.45) is 0 Å². The van der Waals surface area contributed by atoms with Crippen molar-refractivity contribution < 1.29 is 9.53 Å². The molecule has 1 heterocycles. The summed E-state index contributed by atoms with van der Waals surface area (Å²) in [4.78, 5) is 14.4. The third-order valence-electron chi connectivity index (χ3n) is 4.87. The standard InChI is InChI=1S/C19H26N4O2/c1-3-25-19(24)18-17(20-22-21-18)15-11-9-14(10-12-15)13-23(2)16-7-5-4-6-8-16/h9-12,16H,3-8,13H2,1-2H3,(H,20,21,22). The van der Waals surface area contributed by atoms with E-state index in [0.29, 0.717) is 18.3 Å². The molecule has 6 nitrogen and oxygen atoms in total. The van der Waals surface area contributed by atoms with Crippen LogP contribution in [0.3, 0.4) is 0 Å². The van der Waals surface area contributed by atoms with Crippen molar-refractivity contribution in [1.82, 2.24) is 20.3 Å². The SMILES string of the molecule is CCOC(=O)c1n[nH]nc1-c1ccc(CN(C)C2CCCCC2)cc1. The lowest BCUT2D eigenvalue weighted by molar-refractivity contribution is 0.0520. The molecule has 0 saturated heterocycles. The molecule has 1 N–H and O–H groups in total. The predicted octanol–water partition coefficient (Wildman–Crippen LogP) is 3.41. The number of nitrogens with zero attached hydrogens (tertiary/aromatic N) is 3. The Morgan fingerprint density at radius 3 is 2.60 bits per heavy atom. The highest BCUT2D eigenvalue weighted by atomic mass is 16.5. The maximum Gasteiger partial charge on any atom is 0.361 e. The minimum Gasteiger partial charge on any atom is -0.461 e. The fourth-order valence-corrected chi connectivity index (χ4v) is 3.48. The van der Waals surface area contributed by atoms with E-state index in [4.69, 9.17) is 4.74 Å². The summed E-state index contributed by atoms with van der Waals surface area (Å²) in [6.07, 6.45) is 6.67. The largest absolute Gasteiger partial charge is 0.461 e. The maximum absolute atomic E-state index is 11.9. The fraction of sp³-hybridized carbons (Fsp3) is 0.526. The van der Waals surface area contributed by atoms with Crippen LogP contribution < -0.4 is 0 Å². The number of ether oxygens (including phenoxy) is 1. The van der Waals surface area contributed by atoms with Crippen LogP contribution >= 0.6 is 0 Å². The van der Waals surface area contributed by atoms with Gasteiger partial charge in [-0.15, -0.1) is 5.10 Å². The zero-order valence-electron chi connectivity index (χ0n) is 15.0. The van der Waals surface area contributed by atoms with Crippen molar-refractivity contribution in [1.29, 1.82) is 0 Å². The lowest BCUT2D eigenvalue weighted by atomic mass is 9.94. The Kier molecular flexibility index (Phi) is 5.81. The topological polar surface area (TPSA) is 71.1 Å². The first-order valence-corrected chi connectivity index (χ1v) is 9.06. The number of rotatable bonds is 6. The minimum absolute atomic E-state index is 0.230. The first kappa shape index (κ1) is 17.6. The van der Waals surface area contributed by atoms with Gasteiger partial charge in [0.15, 0.2) is 5.69 Å². The van der Waals surface area contributed by atoms with Gasteiger partial charge in [0.25, 0.3) is 0 Å². The summed E-state index contributed by atoms with van der Waals surface area (Å²) >= 11 is 0. The molecule has 1 fully saturated rings. The summed E-state index contributed by atoms with van der Waals surface area (Å²) in [5, 5.41) is 10.5. The van der Waals surface area contributed by atoms with E-state index in [1.165, 1.54) is 37.7 Å². The molecule has 0 aliphatic heterocycles. The van der Waals surface area contributed by atoms with Crippen LogP contribution in [0.15, 0.2) is 24.3 Å². The highest BCUT2D eigenvalue weighted by Crippen LogP contribution is 2.24. The summed E-state index contributed by atoms with van der Waals surface area (Å²) in [6.45, 7) is 3.03. The molecule has 1 saturated carbocycles. The molecule has 0 amide bonds. The van der Waals surface area contributed by atoms with Gasteiger partial charge in [-0.2, -0.15) is 10.3 Å². The average Bonchev–Trinajstić information content (AvgIpc) is 3.13. The zero-order chi connectivity index (χ0) is 17.6. The monoisotopic (exact) mass is 342 g/mol. The number of carbonyl (C=O) groups is 1. The van der Waals surface area contributed by atoms with E-state index in [1.807, 2.05) is 12.1 Å². The fourth-order valence-electron chi connectivity index (χ4n) is 3.48. The molecular formula is C19H26N4O2. The molecule has 1 aromatic heterocycles. The summed E-state index contributed by atoms with van der Waals surface area (Å²) in [5.74, 6) is -0.452. The molecule has 6 heteroatoms. The Hall–Kier alpha value is -2.21. The van der Waals surface area contributed by atoms with Gasteiger partial charge in [0, 0.05) is 18.2 Å². The zero-order valence-corrected chi connectivity index (χ0v) is 15.0. The molecule has 134 valence electrons. The van der Waals surface area contributed by atoms with E-state index in [2.05, 4.69) is 39.5 Å². The molecular weight excluding hydrogens is 316 g/mol. The Balaban J connectivity index is 1.68. The van der Waals surface area contributed by atoms with Gasteiger partial charge < -0.3 is 4.74 Å². The Morgan fingerprint density at radius 1 is 1.20 bits per heavy atom. The Bertz CT molecular complexity index is 690. The van der Waals surface area contributed by atoms with Gasteiger partial charge in [-0.25, -0.2) is 4.79 Å². The summed E-state index contributed by atoms with van der Waals surface area (Å²) < 4.78 is 5.02. The molecule has 1 aliphatic carbocycles. The number of benzene rings is 1. The number of hydrogen-bond donors (Lipinski definition) is 1. The first-order chi connectivity index (χ1) is 12.2. The highest BCUT2D eigenvalue weighted by Gasteiger charge is 2.20. The van der Waals surface area contributed by atoms with Crippen molar-refractivity contribution in [3.63, 3.8) is 0 Å². The van der Waals surface area contributed by atoms with Crippen LogP contribution in [0.5, 0.6) is 0 Å². The Morgan fingerprint density at radius 2 is 1.92 bits per heavy atom. The van der Waals surface area contributed by atoms with Crippen LogP contribution in [-0.2, 0) is 11.3 Å². The average molecular weight is 342 g/mol. The van der Waals surface area contributed by atoms with Gasteiger partial charge >= 0.3 is 5.97 Å². The number of H-pyrrole nitrogens is 1. The van der Waals surface area contributed by atoms with Gasteiger partial charge in [0.1, 0.15) is 5.69 Å². The second-order valence-corrected chi connectivity index (χ2v) is 6.65. The highest BCUT2D eigenvalue weighted by molar-refractivity contribution is 5.93. The van der Waals surface area contributed by atoms with E-state index in [0.717, 1.165) is 12.1 Å². The number of hydrogen-bond acceptors (Lipinski definition) is 5. The first-order valence-electron chi connectivity index (χ1n) is 9.06. The molecule has 1 aromatic carbocycles. The smallest absolute Gasteiger partial charge is 0.361 e. The molecule has 1 aliphatic rings. The third kappa shape index (κ3) is 4.25. The lowest BCUT2D eigenvalue weighted by Crippen LogP contribution is -2.32. The number of aromatic amines is 1. The molecule has 0 unspecified atom stereocenters. The van der Waals surface area contributed by atoms with Crippen molar-refractivity contribution in [2.45, 2.75) is 51.6 Å². The van der Waals surface area contributed by atoms with Crippen LogP contribution in [0.1, 0.15) is 55.1 Å². The summed E-state index contributed by atoms with van der Waals surface area (Å²) in [6, 6.07) is 8.87. The number of carbonyl (C=O) groups excluding carboxylic acids is 1. The second-order valence-electron chi connectivity index (χ2n) is 6.65. The third-order valence-corrected chi connectivity index (χ3v) is 4.87. The summed E-state index contributed by atoms with van der Waals surface area (Å²) in [7, 11) is 2.21. The molecule has 0 radical (unpaired) electrons. The van der Waals surface area contributed by atoms with Gasteiger partial charge in [-0.3, -0.25) is 4.90 Å². The van der Waals surface area contributed by atoms with Crippen LogP contribution in [0.2, 0.25) is 0 Å². The molecule has 0 atom stereocenters. The molecule has 3 rings (SSSR count). The van der Waals surface area contributed by atoms with Gasteiger partial charge in [-0.1, -0.05) is 43.5 Å². The van der Waals surface area contributed by atoms with Gasteiger partial charge in [-0.05, 0) is 32.4 Å². The van der Waals surface area contributed by atoms with Gasteiger partial charge in [0.05, 0.1) is 6.61 Å². The van der Waals surface area contributed by atoms with Crippen LogP contribution in [0.25, 0.3) is 11.3 Å². The van der Waals surface area contributed by atoms with Crippen molar-refractivity contribution in [2.75, 3.05) is 13.7 Å². The van der Waals surface area contributed by atoms with E-state index in [9.17, 15) is 4.79 Å². The Labute approximate surface area is 148 Å². The van der Waals surface area contributed by atoms with E-state index in [1.54, 1.807) is 6.92 Å². The van der Waals surface area contributed by atoms with Crippen molar-refractivity contribution in [3.05, 3.63) is 35.5 Å². The number of esters is 1. The van der Waals surface area contributed by atoms with Crippen LogP contribution in [0.4, 0.5) is 0 Å². The quantitative estimate of drug-likeness (QED) is 0.815. The van der Waals surface area contributed by atoms with E-state index >= 15 is 0 Å². The second kappa shape index (κ2) is 8.25. The van der Waals surface area contributed by atoms with E-state index < -0.39 is 5.97 Å². The van der Waals surface area contributed by atoms with E-state index in [-0.39, 0.29) is 5.69 Å². The minimum atomic E-state index is -0.452. The molecule has 25 heavy (non-hydrogen) atoms. The molecule has 0 bridgehead atoms. The van der Waals surface area contributed by atoms with Crippen LogP contribution in [0, 0.1) is 0 Å². The lowest BCUT2D eigenvalue weighted by Gasteiger charge is -2.31. The molecule has 0 spiro atoms. The van der Waals surface area contributed by atoms with Crippen molar-refractivity contribution >= 4 is 5.97 Å². The number of nitrogens with one attached hydrogen (secondary N) is 1. The maximum atomic E-state index is 11.9. The molecule has 2 aromatic rings. The summed E-state index contributed by atoms with van der Waals surface area (Å²) in [5.41, 5.74) is 2.89. The van der Waals surface area contributed by atoms with Crippen molar-refractivity contribution in [3.8, 4) is 11.3 Å². The predicted molar refractivity (Wildman–Crippen MR) is 96.1 cm³/mol. The van der Waals surface area contributed by atoms with Gasteiger partial charge in [0.2, 0.25) is 0 Å². The van der Waals surface area contributed by atoms with Crippen LogP contribution in [-0.4, -0.2) is 46.0 Å². The number of aromatic nitrogens is 3.